The van der Waals surface area contributed by atoms with Crippen LogP contribution in [0.25, 0.3) is 10.5 Å². The lowest BCUT2D eigenvalue weighted by atomic mass is 9.88. The molecule has 0 saturated heterocycles. The van der Waals surface area contributed by atoms with Gasteiger partial charge in [-0.1, -0.05) is 43.6 Å². The number of carbonyl (C=O) groups is 1. The summed E-state index contributed by atoms with van der Waals surface area (Å²) in [5, 5.41) is 7.72. The normalized spacial score (nSPS) is 17.5. The smallest absolute Gasteiger partial charge is 0.288 e. The molecule has 0 spiro atoms. The summed E-state index contributed by atoms with van der Waals surface area (Å²) in [5.41, 5.74) is 2.57. The molecule has 27 heavy (non-hydrogen) atoms. The second-order valence-electron chi connectivity index (χ2n) is 7.07. The van der Waals surface area contributed by atoms with Crippen LogP contribution < -0.4 is 5.32 Å². The van der Waals surface area contributed by atoms with E-state index in [0.29, 0.717) is 22.9 Å². The van der Waals surface area contributed by atoms with Crippen molar-refractivity contribution in [2.45, 2.75) is 31.6 Å². The molecule has 9 heteroatoms. The molecule has 0 radical (unpaired) electrons. The maximum atomic E-state index is 12.9. The van der Waals surface area contributed by atoms with Crippen LogP contribution in [0.5, 0.6) is 0 Å². The van der Waals surface area contributed by atoms with Crippen LogP contribution in [0.4, 0.5) is 11.5 Å². The van der Waals surface area contributed by atoms with Gasteiger partial charge in [0, 0.05) is 23.2 Å². The number of hydrogen-bond acceptors (Lipinski definition) is 4. The number of nitrogens with one attached hydrogen (secondary N) is 1. The summed E-state index contributed by atoms with van der Waals surface area (Å²) in [5.74, 6) is -0.479. The Morgan fingerprint density at radius 3 is 2.81 bits per heavy atom. The molecule has 1 unspecified atom stereocenters. The first kappa shape index (κ1) is 17.7. The molecule has 136 valence electrons. The molecule has 3 heterocycles. The SMILES string of the molecule is [C-]#[N+]c1ncc(NC(=O)C2CC(C)(C)c3c2cnc2cc(Cl)nn32)cc1Cl. The van der Waals surface area contributed by atoms with Crippen molar-refractivity contribution in [1.82, 2.24) is 19.6 Å². The lowest BCUT2D eigenvalue weighted by Crippen LogP contribution is -2.21. The Kier molecular flexibility index (Phi) is 4.06. The average molecular weight is 401 g/mol. The van der Waals surface area contributed by atoms with Gasteiger partial charge in [-0.3, -0.25) is 4.79 Å². The van der Waals surface area contributed by atoms with Crippen molar-refractivity contribution >= 4 is 46.3 Å². The number of rotatable bonds is 2. The van der Waals surface area contributed by atoms with Gasteiger partial charge in [-0.05, 0) is 12.5 Å². The summed E-state index contributed by atoms with van der Waals surface area (Å²) in [6.07, 6.45) is 3.75. The fourth-order valence-corrected chi connectivity index (χ4v) is 3.99. The highest BCUT2D eigenvalue weighted by molar-refractivity contribution is 6.33. The molecule has 3 aromatic heterocycles. The third-order valence-electron chi connectivity index (χ3n) is 4.72. The van der Waals surface area contributed by atoms with Gasteiger partial charge >= 0.3 is 0 Å². The van der Waals surface area contributed by atoms with Crippen molar-refractivity contribution in [3.05, 3.63) is 57.4 Å². The number of amides is 1. The molecular formula is C18H14Cl2N6O. The molecule has 0 saturated carbocycles. The number of fused-ring (bicyclic) bond motifs is 3. The van der Waals surface area contributed by atoms with E-state index in [2.05, 4.69) is 39.1 Å². The van der Waals surface area contributed by atoms with Gasteiger partial charge in [0.1, 0.15) is 6.20 Å². The van der Waals surface area contributed by atoms with Gasteiger partial charge in [0.2, 0.25) is 5.91 Å². The van der Waals surface area contributed by atoms with Crippen LogP contribution in [0.2, 0.25) is 10.2 Å². The second kappa shape index (κ2) is 6.19. The van der Waals surface area contributed by atoms with Crippen molar-refractivity contribution < 1.29 is 4.79 Å². The van der Waals surface area contributed by atoms with Crippen molar-refractivity contribution in [3.8, 4) is 0 Å². The largest absolute Gasteiger partial charge is 0.359 e. The standard InChI is InChI=1S/C18H14Cl2N6O/c1-18(2)6-10(11-8-22-14-5-13(20)25-26(14)15(11)18)17(27)24-9-4-12(19)16(21-3)23-7-9/h4-5,7-8,10H,6H2,1-2H3,(H,24,27). The number of pyridine rings is 1. The Labute approximate surface area is 165 Å². The lowest BCUT2D eigenvalue weighted by molar-refractivity contribution is -0.117. The Morgan fingerprint density at radius 1 is 1.33 bits per heavy atom. The summed E-state index contributed by atoms with van der Waals surface area (Å²) in [4.78, 5) is 24.5. The summed E-state index contributed by atoms with van der Waals surface area (Å²) in [7, 11) is 0. The number of halogens is 2. The fraction of sp³-hybridized carbons (Fsp3) is 0.278. The first-order valence-corrected chi connectivity index (χ1v) is 8.94. The second-order valence-corrected chi connectivity index (χ2v) is 7.86. The van der Waals surface area contributed by atoms with Gasteiger partial charge in [0.05, 0.1) is 22.3 Å². The molecule has 4 rings (SSSR count). The molecule has 7 nitrogen and oxygen atoms in total. The van der Waals surface area contributed by atoms with Gasteiger partial charge in [-0.2, -0.15) is 5.10 Å². The minimum absolute atomic E-state index is 0.101. The number of anilines is 1. The Balaban J connectivity index is 1.70. The highest BCUT2D eigenvalue weighted by Crippen LogP contribution is 2.46. The van der Waals surface area contributed by atoms with E-state index in [1.165, 1.54) is 12.3 Å². The zero-order valence-electron chi connectivity index (χ0n) is 14.5. The van der Waals surface area contributed by atoms with E-state index in [1.54, 1.807) is 16.8 Å². The van der Waals surface area contributed by atoms with E-state index in [9.17, 15) is 4.79 Å². The highest BCUT2D eigenvalue weighted by atomic mass is 35.5. The quantitative estimate of drug-likeness (QED) is 0.647. The minimum Gasteiger partial charge on any atom is -0.359 e. The Bertz CT molecular complexity index is 1130. The molecule has 3 aromatic rings. The molecule has 1 aliphatic rings. The third kappa shape index (κ3) is 2.91. The summed E-state index contributed by atoms with van der Waals surface area (Å²) in [6, 6.07) is 3.22. The number of carbonyl (C=O) groups excluding carboxylic acids is 1. The Morgan fingerprint density at radius 2 is 2.11 bits per heavy atom. The van der Waals surface area contributed by atoms with Crippen LogP contribution in [0.3, 0.4) is 0 Å². The monoisotopic (exact) mass is 400 g/mol. The molecule has 1 atom stereocenters. The van der Waals surface area contributed by atoms with E-state index in [1.807, 2.05) is 0 Å². The molecule has 0 fully saturated rings. The number of nitrogens with zero attached hydrogens (tertiary/aromatic N) is 5. The minimum atomic E-state index is -0.394. The summed E-state index contributed by atoms with van der Waals surface area (Å²) in [6.45, 7) is 11.1. The molecular weight excluding hydrogens is 387 g/mol. The average Bonchev–Trinajstić information content (AvgIpc) is 3.11. The van der Waals surface area contributed by atoms with Gasteiger partial charge in [-0.15, -0.1) is 4.98 Å². The lowest BCUT2D eigenvalue weighted by Gasteiger charge is -2.19. The van der Waals surface area contributed by atoms with Gasteiger partial charge in [0.25, 0.3) is 5.82 Å². The molecule has 0 bridgehead atoms. The van der Waals surface area contributed by atoms with Crippen LogP contribution in [0, 0.1) is 6.57 Å². The van der Waals surface area contributed by atoms with E-state index >= 15 is 0 Å². The van der Waals surface area contributed by atoms with E-state index < -0.39 is 5.92 Å². The van der Waals surface area contributed by atoms with Crippen LogP contribution >= 0.6 is 23.2 Å². The van der Waals surface area contributed by atoms with Crippen molar-refractivity contribution in [2.75, 3.05) is 5.32 Å². The molecule has 0 aliphatic heterocycles. The number of aromatic nitrogens is 4. The topological polar surface area (TPSA) is 76.5 Å². The van der Waals surface area contributed by atoms with E-state index in [0.717, 1.165) is 11.3 Å². The predicted octanol–water partition coefficient (Wildman–Crippen LogP) is 4.39. The van der Waals surface area contributed by atoms with Gasteiger partial charge < -0.3 is 10.2 Å². The molecule has 1 N–H and O–H groups in total. The van der Waals surface area contributed by atoms with E-state index in [-0.39, 0.29) is 22.2 Å². The van der Waals surface area contributed by atoms with Crippen LogP contribution in [-0.4, -0.2) is 25.5 Å². The predicted molar refractivity (Wildman–Crippen MR) is 103 cm³/mol. The summed E-state index contributed by atoms with van der Waals surface area (Å²) >= 11 is 12.0. The molecule has 0 aromatic carbocycles. The van der Waals surface area contributed by atoms with Crippen LogP contribution in [0.1, 0.15) is 37.4 Å². The van der Waals surface area contributed by atoms with E-state index in [4.69, 9.17) is 29.8 Å². The summed E-state index contributed by atoms with van der Waals surface area (Å²) < 4.78 is 1.72. The molecule has 1 amide bonds. The number of hydrogen-bond donors (Lipinski definition) is 1. The maximum Gasteiger partial charge on any atom is 0.288 e. The highest BCUT2D eigenvalue weighted by Gasteiger charge is 2.43. The van der Waals surface area contributed by atoms with Gasteiger partial charge in [-0.25, -0.2) is 9.50 Å². The fourth-order valence-electron chi connectivity index (χ4n) is 3.61. The zero-order chi connectivity index (χ0) is 19.3. The first-order chi connectivity index (χ1) is 12.8. The van der Waals surface area contributed by atoms with Crippen molar-refractivity contribution in [2.24, 2.45) is 0 Å². The maximum absolute atomic E-state index is 12.9. The van der Waals surface area contributed by atoms with Crippen LogP contribution in [-0.2, 0) is 10.2 Å². The Hall–Kier alpha value is -2.69. The molecule has 1 aliphatic carbocycles. The van der Waals surface area contributed by atoms with Crippen molar-refractivity contribution in [1.29, 1.82) is 0 Å². The first-order valence-electron chi connectivity index (χ1n) is 8.18. The zero-order valence-corrected chi connectivity index (χ0v) is 16.0. The van der Waals surface area contributed by atoms with Crippen molar-refractivity contribution in [3.63, 3.8) is 0 Å². The van der Waals surface area contributed by atoms with Gasteiger partial charge in [0.15, 0.2) is 10.8 Å². The van der Waals surface area contributed by atoms with Crippen LogP contribution in [0.15, 0.2) is 24.5 Å². The third-order valence-corrected chi connectivity index (χ3v) is 5.19.